The van der Waals surface area contributed by atoms with E-state index in [1.807, 2.05) is 19.1 Å². The summed E-state index contributed by atoms with van der Waals surface area (Å²) in [4.78, 5) is 2.42. The topological polar surface area (TPSA) is 46.0 Å². The van der Waals surface area contributed by atoms with Gasteiger partial charge < -0.3 is 14.8 Å². The third kappa shape index (κ3) is 3.61. The van der Waals surface area contributed by atoms with Crippen LogP contribution in [0.1, 0.15) is 37.8 Å². The van der Waals surface area contributed by atoms with Crippen molar-refractivity contribution in [1.29, 1.82) is 0 Å². The average Bonchev–Trinajstić information content (AvgIpc) is 3.17. The minimum absolute atomic E-state index is 0.655. The summed E-state index contributed by atoms with van der Waals surface area (Å²) in [5, 5.41) is 12.8. The molecular formula is C17H24ClN5. The smallest absolute Gasteiger partial charge is 0.152 e. The van der Waals surface area contributed by atoms with Crippen LogP contribution in [0.5, 0.6) is 0 Å². The lowest BCUT2D eigenvalue weighted by atomic mass is 10.2. The molecule has 1 aliphatic rings. The first kappa shape index (κ1) is 16.1. The SMILES string of the molecule is CCCn1c(C)nnc1CNc1cc(Cl)ccc1N1CCCC1. The van der Waals surface area contributed by atoms with Crippen molar-refractivity contribution in [2.75, 3.05) is 23.3 Å². The summed E-state index contributed by atoms with van der Waals surface area (Å²) in [6.07, 6.45) is 3.58. The summed E-state index contributed by atoms with van der Waals surface area (Å²) in [7, 11) is 0. The van der Waals surface area contributed by atoms with Gasteiger partial charge in [0.15, 0.2) is 5.82 Å². The lowest BCUT2D eigenvalue weighted by molar-refractivity contribution is 0.628. The van der Waals surface area contributed by atoms with Gasteiger partial charge in [0.05, 0.1) is 17.9 Å². The Morgan fingerprint density at radius 3 is 2.74 bits per heavy atom. The maximum atomic E-state index is 6.20. The highest BCUT2D eigenvalue weighted by molar-refractivity contribution is 6.31. The van der Waals surface area contributed by atoms with Crippen LogP contribution >= 0.6 is 11.6 Å². The van der Waals surface area contributed by atoms with Gasteiger partial charge in [0, 0.05) is 24.7 Å². The van der Waals surface area contributed by atoms with Gasteiger partial charge in [-0.15, -0.1) is 10.2 Å². The van der Waals surface area contributed by atoms with E-state index in [4.69, 9.17) is 11.6 Å². The Kier molecular flexibility index (Phi) is 5.06. The van der Waals surface area contributed by atoms with Crippen LogP contribution in [0.4, 0.5) is 11.4 Å². The Balaban J connectivity index is 1.78. The Morgan fingerprint density at radius 1 is 1.22 bits per heavy atom. The van der Waals surface area contributed by atoms with Gasteiger partial charge in [-0.1, -0.05) is 18.5 Å². The highest BCUT2D eigenvalue weighted by Gasteiger charge is 2.16. The Morgan fingerprint density at radius 2 is 2.00 bits per heavy atom. The van der Waals surface area contributed by atoms with Crippen molar-refractivity contribution < 1.29 is 0 Å². The molecule has 0 spiro atoms. The van der Waals surface area contributed by atoms with Crippen LogP contribution in [0.15, 0.2) is 18.2 Å². The summed E-state index contributed by atoms with van der Waals surface area (Å²) >= 11 is 6.20. The number of aromatic nitrogens is 3. The summed E-state index contributed by atoms with van der Waals surface area (Å²) in [6.45, 7) is 8.00. The van der Waals surface area contributed by atoms with E-state index in [0.29, 0.717) is 6.54 Å². The maximum Gasteiger partial charge on any atom is 0.152 e. The molecule has 3 rings (SSSR count). The zero-order valence-electron chi connectivity index (χ0n) is 13.8. The molecule has 0 atom stereocenters. The van der Waals surface area contributed by atoms with Gasteiger partial charge in [-0.25, -0.2) is 0 Å². The fourth-order valence-electron chi connectivity index (χ4n) is 3.13. The molecule has 1 aliphatic heterocycles. The molecule has 1 fully saturated rings. The normalized spacial score (nSPS) is 14.5. The van der Waals surface area contributed by atoms with E-state index >= 15 is 0 Å². The lowest BCUT2D eigenvalue weighted by Crippen LogP contribution is -2.19. The molecule has 0 bridgehead atoms. The van der Waals surface area contributed by atoms with Gasteiger partial charge in [-0.05, 0) is 44.4 Å². The number of anilines is 2. The monoisotopic (exact) mass is 333 g/mol. The second-order valence-electron chi connectivity index (χ2n) is 6.02. The highest BCUT2D eigenvalue weighted by Crippen LogP contribution is 2.31. The second kappa shape index (κ2) is 7.21. The predicted octanol–water partition coefficient (Wildman–Crippen LogP) is 3.86. The summed E-state index contributed by atoms with van der Waals surface area (Å²) < 4.78 is 2.17. The molecule has 23 heavy (non-hydrogen) atoms. The number of benzene rings is 1. The molecule has 0 saturated carbocycles. The number of hydrogen-bond acceptors (Lipinski definition) is 4. The molecule has 0 amide bonds. The molecule has 1 saturated heterocycles. The van der Waals surface area contributed by atoms with Crippen molar-refractivity contribution in [2.24, 2.45) is 0 Å². The minimum atomic E-state index is 0.655. The largest absolute Gasteiger partial charge is 0.376 e. The standard InChI is InChI=1S/C17H24ClN5/c1-3-8-23-13(2)20-21-17(23)12-19-15-11-14(18)6-7-16(15)22-9-4-5-10-22/h6-7,11,19H,3-5,8-10,12H2,1-2H3. The second-order valence-corrected chi connectivity index (χ2v) is 6.46. The molecule has 2 aromatic rings. The van der Waals surface area contributed by atoms with Crippen LogP contribution in [-0.4, -0.2) is 27.9 Å². The quantitative estimate of drug-likeness (QED) is 0.871. The first-order valence-corrected chi connectivity index (χ1v) is 8.74. The molecular weight excluding hydrogens is 310 g/mol. The van der Waals surface area contributed by atoms with Crippen molar-refractivity contribution >= 4 is 23.0 Å². The van der Waals surface area contributed by atoms with E-state index in [-0.39, 0.29) is 0 Å². The number of halogens is 1. The summed E-state index contributed by atoms with van der Waals surface area (Å²) in [6, 6.07) is 6.07. The summed E-state index contributed by atoms with van der Waals surface area (Å²) in [5.74, 6) is 1.94. The Labute approximate surface area is 142 Å². The molecule has 0 unspecified atom stereocenters. The molecule has 6 heteroatoms. The molecule has 2 heterocycles. The number of rotatable bonds is 6. The first-order valence-electron chi connectivity index (χ1n) is 8.36. The predicted molar refractivity (Wildman–Crippen MR) is 95.3 cm³/mol. The Bertz CT molecular complexity index is 661. The van der Waals surface area contributed by atoms with Crippen molar-refractivity contribution in [3.8, 4) is 0 Å². The third-order valence-electron chi connectivity index (χ3n) is 4.30. The average molecular weight is 334 g/mol. The van der Waals surface area contributed by atoms with Crippen molar-refractivity contribution in [3.63, 3.8) is 0 Å². The third-order valence-corrected chi connectivity index (χ3v) is 4.54. The molecule has 0 aliphatic carbocycles. The molecule has 5 nitrogen and oxygen atoms in total. The number of hydrogen-bond donors (Lipinski definition) is 1. The molecule has 0 radical (unpaired) electrons. The molecule has 1 aromatic heterocycles. The zero-order valence-corrected chi connectivity index (χ0v) is 14.6. The number of aryl methyl sites for hydroxylation is 1. The van der Waals surface area contributed by atoms with Gasteiger partial charge in [-0.2, -0.15) is 0 Å². The van der Waals surface area contributed by atoms with Gasteiger partial charge in [-0.3, -0.25) is 0 Å². The van der Waals surface area contributed by atoms with Crippen LogP contribution in [0.2, 0.25) is 5.02 Å². The summed E-state index contributed by atoms with van der Waals surface area (Å²) in [5.41, 5.74) is 2.30. The van der Waals surface area contributed by atoms with Crippen LogP contribution in [-0.2, 0) is 13.1 Å². The fraction of sp³-hybridized carbons (Fsp3) is 0.529. The maximum absolute atomic E-state index is 6.20. The van der Waals surface area contributed by atoms with Crippen molar-refractivity contribution in [3.05, 3.63) is 34.9 Å². The van der Waals surface area contributed by atoms with Crippen molar-refractivity contribution in [2.45, 2.75) is 46.2 Å². The van der Waals surface area contributed by atoms with Gasteiger partial charge in [0.2, 0.25) is 0 Å². The van der Waals surface area contributed by atoms with E-state index in [0.717, 1.165) is 48.4 Å². The first-order chi connectivity index (χ1) is 11.2. The van der Waals surface area contributed by atoms with E-state index in [1.54, 1.807) is 0 Å². The van der Waals surface area contributed by atoms with Gasteiger partial charge in [0.25, 0.3) is 0 Å². The van der Waals surface area contributed by atoms with Crippen LogP contribution in [0.3, 0.4) is 0 Å². The van der Waals surface area contributed by atoms with Crippen LogP contribution < -0.4 is 10.2 Å². The molecule has 1 aromatic carbocycles. The minimum Gasteiger partial charge on any atom is -0.376 e. The van der Waals surface area contributed by atoms with E-state index in [2.05, 4.69) is 38.0 Å². The van der Waals surface area contributed by atoms with Crippen LogP contribution in [0, 0.1) is 6.92 Å². The van der Waals surface area contributed by atoms with Crippen LogP contribution in [0.25, 0.3) is 0 Å². The number of nitrogens with zero attached hydrogens (tertiary/aromatic N) is 4. The lowest BCUT2D eigenvalue weighted by Gasteiger charge is -2.22. The highest BCUT2D eigenvalue weighted by atomic mass is 35.5. The van der Waals surface area contributed by atoms with E-state index in [9.17, 15) is 0 Å². The van der Waals surface area contributed by atoms with Gasteiger partial charge in [0.1, 0.15) is 5.82 Å². The fourth-order valence-corrected chi connectivity index (χ4v) is 3.30. The van der Waals surface area contributed by atoms with Crippen molar-refractivity contribution in [1.82, 2.24) is 14.8 Å². The van der Waals surface area contributed by atoms with E-state index < -0.39 is 0 Å². The molecule has 1 N–H and O–H groups in total. The van der Waals surface area contributed by atoms with E-state index in [1.165, 1.54) is 18.5 Å². The van der Waals surface area contributed by atoms with Gasteiger partial charge >= 0.3 is 0 Å². The molecule has 124 valence electrons. The Hall–Kier alpha value is -1.75. The number of nitrogens with one attached hydrogen (secondary N) is 1. The zero-order chi connectivity index (χ0) is 16.2.